The van der Waals surface area contributed by atoms with Gasteiger partial charge in [-0.15, -0.1) is 0 Å². The van der Waals surface area contributed by atoms with Crippen molar-refractivity contribution in [3.8, 4) is 17.2 Å². The lowest BCUT2D eigenvalue weighted by molar-refractivity contribution is -0.131. The van der Waals surface area contributed by atoms with Crippen LogP contribution in [0, 0.1) is 0 Å². The van der Waals surface area contributed by atoms with Crippen LogP contribution in [0.15, 0.2) is 42.5 Å². The molecule has 32 heavy (non-hydrogen) atoms. The molecule has 0 bridgehead atoms. The van der Waals surface area contributed by atoms with Gasteiger partial charge >= 0.3 is 0 Å². The van der Waals surface area contributed by atoms with Gasteiger partial charge in [0.25, 0.3) is 0 Å². The van der Waals surface area contributed by atoms with Crippen LogP contribution in [-0.4, -0.2) is 69.8 Å². The summed E-state index contributed by atoms with van der Waals surface area (Å²) in [4.78, 5) is 17.4. The van der Waals surface area contributed by atoms with E-state index in [1.165, 1.54) is 5.56 Å². The summed E-state index contributed by atoms with van der Waals surface area (Å²) in [6.07, 6.45) is 4.41. The number of ether oxygens (including phenoxy) is 3. The fourth-order valence-corrected chi connectivity index (χ4v) is 4.28. The van der Waals surface area contributed by atoms with E-state index in [0.29, 0.717) is 30.1 Å². The maximum absolute atomic E-state index is 12.9. The highest BCUT2D eigenvalue weighted by atomic mass is 16.5. The number of aryl methyl sites for hydroxylation is 2. The largest absolute Gasteiger partial charge is 0.493 e. The number of hydrogen-bond acceptors (Lipinski definition) is 5. The number of carbonyl (C=O) groups excluding carboxylic acids is 1. The lowest BCUT2D eigenvalue weighted by atomic mass is 10.1. The molecule has 1 heterocycles. The standard InChI is InChI=1S/C26H36N2O4/c1-30-23-19-22(20-24(31-2)26(23)32-3)12-13-25(29)28-16-8-15-27(17-18-28)14-7-11-21-9-5-4-6-10-21/h4-6,9-10,19-20H,7-8,11-18H2,1-3H3. The average Bonchev–Trinajstić information content (AvgIpc) is 3.08. The molecule has 0 saturated carbocycles. The summed E-state index contributed by atoms with van der Waals surface area (Å²) in [5.74, 6) is 2.03. The highest BCUT2D eigenvalue weighted by Crippen LogP contribution is 2.38. The predicted molar refractivity (Wildman–Crippen MR) is 127 cm³/mol. The number of benzene rings is 2. The Balaban J connectivity index is 1.47. The van der Waals surface area contributed by atoms with E-state index in [1.807, 2.05) is 17.0 Å². The molecule has 2 aromatic rings. The van der Waals surface area contributed by atoms with Crippen LogP contribution in [0.25, 0.3) is 0 Å². The third kappa shape index (κ3) is 6.63. The van der Waals surface area contributed by atoms with Gasteiger partial charge in [0, 0.05) is 26.1 Å². The zero-order valence-electron chi connectivity index (χ0n) is 19.6. The van der Waals surface area contributed by atoms with E-state index in [0.717, 1.165) is 57.5 Å². The minimum atomic E-state index is 0.213. The molecule has 1 saturated heterocycles. The summed E-state index contributed by atoms with van der Waals surface area (Å²) < 4.78 is 16.2. The van der Waals surface area contributed by atoms with Crippen LogP contribution < -0.4 is 14.2 Å². The lowest BCUT2D eigenvalue weighted by Gasteiger charge is -2.22. The Morgan fingerprint density at radius 2 is 1.56 bits per heavy atom. The molecule has 0 radical (unpaired) electrons. The minimum Gasteiger partial charge on any atom is -0.493 e. The van der Waals surface area contributed by atoms with Gasteiger partial charge in [-0.05, 0) is 62.0 Å². The summed E-state index contributed by atoms with van der Waals surface area (Å²) in [5.41, 5.74) is 2.40. The van der Waals surface area contributed by atoms with Gasteiger partial charge in [0.1, 0.15) is 0 Å². The van der Waals surface area contributed by atoms with Crippen molar-refractivity contribution in [3.05, 3.63) is 53.6 Å². The van der Waals surface area contributed by atoms with Crippen LogP contribution >= 0.6 is 0 Å². The van der Waals surface area contributed by atoms with Crippen LogP contribution in [-0.2, 0) is 17.6 Å². The van der Waals surface area contributed by atoms with Crippen molar-refractivity contribution in [1.29, 1.82) is 0 Å². The van der Waals surface area contributed by atoms with Crippen molar-refractivity contribution in [2.24, 2.45) is 0 Å². The molecule has 0 unspecified atom stereocenters. The number of hydrogen-bond donors (Lipinski definition) is 0. The van der Waals surface area contributed by atoms with Gasteiger partial charge in [0.2, 0.25) is 11.7 Å². The van der Waals surface area contributed by atoms with E-state index >= 15 is 0 Å². The average molecular weight is 441 g/mol. The maximum Gasteiger partial charge on any atom is 0.222 e. The first kappa shape index (κ1) is 23.9. The molecule has 0 aromatic heterocycles. The zero-order chi connectivity index (χ0) is 22.8. The van der Waals surface area contributed by atoms with Gasteiger partial charge in [-0.2, -0.15) is 0 Å². The number of rotatable bonds is 10. The highest BCUT2D eigenvalue weighted by Gasteiger charge is 2.20. The van der Waals surface area contributed by atoms with Gasteiger partial charge < -0.3 is 24.0 Å². The SMILES string of the molecule is COc1cc(CCC(=O)N2CCCN(CCCc3ccccc3)CC2)cc(OC)c1OC. The second-order valence-corrected chi connectivity index (χ2v) is 8.20. The van der Waals surface area contributed by atoms with Gasteiger partial charge in [-0.1, -0.05) is 30.3 Å². The molecule has 3 rings (SSSR count). The van der Waals surface area contributed by atoms with Gasteiger partial charge in [0.15, 0.2) is 11.5 Å². The van der Waals surface area contributed by atoms with Gasteiger partial charge in [-0.3, -0.25) is 4.79 Å². The van der Waals surface area contributed by atoms with E-state index in [-0.39, 0.29) is 5.91 Å². The Labute approximate surface area is 192 Å². The number of carbonyl (C=O) groups is 1. The van der Waals surface area contributed by atoms with Crippen LogP contribution in [0.1, 0.15) is 30.4 Å². The first-order valence-electron chi connectivity index (χ1n) is 11.5. The molecule has 174 valence electrons. The first-order valence-corrected chi connectivity index (χ1v) is 11.5. The molecule has 0 atom stereocenters. The summed E-state index contributed by atoms with van der Waals surface area (Å²) in [6.45, 7) is 4.74. The van der Waals surface area contributed by atoms with Crippen LogP contribution in [0.4, 0.5) is 0 Å². The molecule has 1 aliphatic rings. The lowest BCUT2D eigenvalue weighted by Crippen LogP contribution is -2.35. The number of nitrogens with zero attached hydrogens (tertiary/aromatic N) is 2. The Morgan fingerprint density at radius 1 is 0.844 bits per heavy atom. The molecular weight excluding hydrogens is 404 g/mol. The predicted octanol–water partition coefficient (Wildman–Crippen LogP) is 3.81. The van der Waals surface area contributed by atoms with Crippen molar-refractivity contribution in [2.45, 2.75) is 32.1 Å². The summed E-state index contributed by atoms with van der Waals surface area (Å²) in [6, 6.07) is 14.5. The molecule has 0 spiro atoms. The quantitative estimate of drug-likeness (QED) is 0.562. The Hall–Kier alpha value is -2.73. The van der Waals surface area contributed by atoms with E-state index < -0.39 is 0 Å². The second-order valence-electron chi connectivity index (χ2n) is 8.20. The molecule has 1 aliphatic heterocycles. The van der Waals surface area contributed by atoms with Crippen molar-refractivity contribution in [3.63, 3.8) is 0 Å². The third-order valence-electron chi connectivity index (χ3n) is 6.08. The van der Waals surface area contributed by atoms with Crippen LogP contribution in [0.5, 0.6) is 17.2 Å². The van der Waals surface area contributed by atoms with Gasteiger partial charge in [0.05, 0.1) is 21.3 Å². The van der Waals surface area contributed by atoms with Crippen LogP contribution in [0.2, 0.25) is 0 Å². The first-order chi connectivity index (χ1) is 15.6. The minimum absolute atomic E-state index is 0.213. The van der Waals surface area contributed by atoms with Crippen molar-refractivity contribution in [1.82, 2.24) is 9.80 Å². The Bertz CT molecular complexity index is 831. The summed E-state index contributed by atoms with van der Waals surface area (Å²) >= 11 is 0. The number of methoxy groups -OCH3 is 3. The highest BCUT2D eigenvalue weighted by molar-refractivity contribution is 5.76. The molecule has 1 fully saturated rings. The monoisotopic (exact) mass is 440 g/mol. The van der Waals surface area contributed by atoms with Crippen molar-refractivity contribution in [2.75, 3.05) is 54.1 Å². The molecule has 6 nitrogen and oxygen atoms in total. The van der Waals surface area contributed by atoms with E-state index in [1.54, 1.807) is 21.3 Å². The van der Waals surface area contributed by atoms with Crippen molar-refractivity contribution >= 4 is 5.91 Å². The molecule has 1 amide bonds. The Kier molecular flexibility index (Phi) is 9.23. The number of amides is 1. The zero-order valence-corrected chi connectivity index (χ0v) is 19.6. The Morgan fingerprint density at radius 3 is 2.22 bits per heavy atom. The molecule has 6 heteroatoms. The van der Waals surface area contributed by atoms with Crippen molar-refractivity contribution < 1.29 is 19.0 Å². The normalized spacial score (nSPS) is 14.7. The molecule has 0 aliphatic carbocycles. The summed E-state index contributed by atoms with van der Waals surface area (Å²) in [7, 11) is 4.80. The fourth-order valence-electron chi connectivity index (χ4n) is 4.28. The molecule has 2 aromatic carbocycles. The summed E-state index contributed by atoms with van der Waals surface area (Å²) in [5, 5.41) is 0. The van der Waals surface area contributed by atoms with Gasteiger partial charge in [-0.25, -0.2) is 0 Å². The van der Waals surface area contributed by atoms with Crippen LogP contribution in [0.3, 0.4) is 0 Å². The maximum atomic E-state index is 12.9. The fraction of sp³-hybridized carbons (Fsp3) is 0.500. The third-order valence-corrected chi connectivity index (χ3v) is 6.08. The second kappa shape index (κ2) is 12.3. The van der Waals surface area contributed by atoms with E-state index in [2.05, 4.69) is 35.2 Å². The van der Waals surface area contributed by atoms with E-state index in [9.17, 15) is 4.79 Å². The topological polar surface area (TPSA) is 51.2 Å². The smallest absolute Gasteiger partial charge is 0.222 e. The van der Waals surface area contributed by atoms with E-state index in [4.69, 9.17) is 14.2 Å². The molecular formula is C26H36N2O4. The molecule has 0 N–H and O–H groups in total.